The average Bonchev–Trinajstić information content (AvgIpc) is 2.56. The number of rotatable bonds is 7. The van der Waals surface area contributed by atoms with E-state index >= 15 is 0 Å². The van der Waals surface area contributed by atoms with Crippen LogP contribution in [0.2, 0.25) is 0 Å². The first-order valence-electron chi connectivity index (χ1n) is 8.35. The molecule has 4 nitrogen and oxygen atoms in total. The van der Waals surface area contributed by atoms with Gasteiger partial charge in [0.25, 0.3) is 0 Å². The van der Waals surface area contributed by atoms with Gasteiger partial charge in [-0.15, -0.1) is 0 Å². The summed E-state index contributed by atoms with van der Waals surface area (Å²) in [5.74, 6) is -0.663. The summed E-state index contributed by atoms with van der Waals surface area (Å²) in [6.07, 6.45) is 3.94. The third kappa shape index (κ3) is 5.01. The number of halogens is 1. The van der Waals surface area contributed by atoms with Gasteiger partial charge >= 0.3 is 5.97 Å². The minimum atomic E-state index is -0.700. The van der Waals surface area contributed by atoms with Crippen LogP contribution in [0.5, 0.6) is 0 Å². The highest BCUT2D eigenvalue weighted by Crippen LogP contribution is 2.29. The number of unbranched alkanes of at least 4 members (excludes halogenated alkanes) is 2. The van der Waals surface area contributed by atoms with Crippen molar-refractivity contribution < 1.29 is 23.4 Å². The van der Waals surface area contributed by atoms with Gasteiger partial charge in [0.15, 0.2) is 6.29 Å². The van der Waals surface area contributed by atoms with Gasteiger partial charge < -0.3 is 14.2 Å². The second-order valence-corrected chi connectivity index (χ2v) is 5.82. The lowest BCUT2D eigenvalue weighted by atomic mass is 10.0. The minimum Gasteiger partial charge on any atom is -0.462 e. The molecule has 0 bridgehead atoms. The number of esters is 1. The minimum absolute atomic E-state index is 0.196. The molecule has 0 aromatic heterocycles. The largest absolute Gasteiger partial charge is 0.462 e. The Morgan fingerprint density at radius 2 is 2.00 bits per heavy atom. The van der Waals surface area contributed by atoms with Crippen molar-refractivity contribution in [2.24, 2.45) is 5.92 Å². The average molecular weight is 324 g/mol. The molecule has 0 atom stereocenters. The van der Waals surface area contributed by atoms with Gasteiger partial charge in [-0.1, -0.05) is 32.3 Å². The van der Waals surface area contributed by atoms with E-state index in [1.54, 1.807) is 6.92 Å². The highest BCUT2D eigenvalue weighted by Gasteiger charge is 2.26. The molecule has 1 aliphatic heterocycles. The molecule has 0 spiro atoms. The monoisotopic (exact) mass is 324 g/mol. The van der Waals surface area contributed by atoms with Crippen molar-refractivity contribution >= 4 is 5.97 Å². The molecule has 1 aromatic carbocycles. The zero-order valence-corrected chi connectivity index (χ0v) is 13.8. The maximum atomic E-state index is 14.2. The topological polar surface area (TPSA) is 44.8 Å². The quantitative estimate of drug-likeness (QED) is 0.556. The van der Waals surface area contributed by atoms with E-state index in [2.05, 4.69) is 6.92 Å². The van der Waals surface area contributed by atoms with Crippen LogP contribution in [0.25, 0.3) is 0 Å². The van der Waals surface area contributed by atoms with Gasteiger partial charge in [-0.25, -0.2) is 9.18 Å². The fraction of sp³-hybridized carbons (Fsp3) is 0.611. The molecular formula is C18H25FO4. The zero-order valence-electron chi connectivity index (χ0n) is 13.8. The summed E-state index contributed by atoms with van der Waals surface area (Å²) in [5.41, 5.74) is 0.520. The van der Waals surface area contributed by atoms with Gasteiger partial charge in [0.05, 0.1) is 25.4 Å². The number of benzene rings is 1. The van der Waals surface area contributed by atoms with Crippen molar-refractivity contribution in [3.8, 4) is 0 Å². The van der Waals surface area contributed by atoms with E-state index in [9.17, 15) is 9.18 Å². The van der Waals surface area contributed by atoms with Crippen LogP contribution in [0.4, 0.5) is 4.39 Å². The molecule has 23 heavy (non-hydrogen) atoms. The highest BCUT2D eigenvalue weighted by atomic mass is 19.1. The van der Waals surface area contributed by atoms with Gasteiger partial charge in [0, 0.05) is 11.5 Å². The van der Waals surface area contributed by atoms with E-state index in [1.807, 2.05) is 0 Å². The number of hydrogen-bond donors (Lipinski definition) is 0. The van der Waals surface area contributed by atoms with Crippen LogP contribution in [-0.2, 0) is 14.2 Å². The summed E-state index contributed by atoms with van der Waals surface area (Å²) in [6.45, 7) is 5.30. The standard InChI is InChI=1S/C18H25FO4/c1-3-5-6-7-13-11-22-18(23-12-13)15-9-8-14(10-16(15)19)17(20)21-4-2/h8-10,13,18H,3-7,11-12H2,1-2H3. The Morgan fingerprint density at radius 3 is 2.61 bits per heavy atom. The lowest BCUT2D eigenvalue weighted by Crippen LogP contribution is -2.27. The van der Waals surface area contributed by atoms with Crippen LogP contribution in [0.1, 0.15) is 61.7 Å². The number of ether oxygens (including phenoxy) is 3. The Bertz CT molecular complexity index is 510. The second kappa shape index (κ2) is 8.99. The fourth-order valence-corrected chi connectivity index (χ4v) is 2.63. The Labute approximate surface area is 136 Å². The van der Waals surface area contributed by atoms with Crippen LogP contribution in [-0.4, -0.2) is 25.8 Å². The summed E-state index contributed by atoms with van der Waals surface area (Å²) in [5, 5.41) is 0. The van der Waals surface area contributed by atoms with Crippen molar-refractivity contribution in [2.45, 2.75) is 45.8 Å². The van der Waals surface area contributed by atoms with E-state index in [-0.39, 0.29) is 12.2 Å². The normalized spacial score (nSPS) is 21.2. The van der Waals surface area contributed by atoms with Crippen LogP contribution in [0, 0.1) is 11.7 Å². The molecule has 1 aromatic rings. The summed E-state index contributed by atoms with van der Waals surface area (Å²) in [6, 6.07) is 4.24. The predicted octanol–water partition coefficient (Wildman–Crippen LogP) is 4.24. The van der Waals surface area contributed by atoms with E-state index in [0.29, 0.717) is 24.7 Å². The molecule has 0 unspecified atom stereocenters. The maximum absolute atomic E-state index is 14.2. The molecule has 0 amide bonds. The Hall–Kier alpha value is -1.46. The molecule has 128 valence electrons. The molecule has 1 heterocycles. The van der Waals surface area contributed by atoms with Crippen molar-refractivity contribution in [1.82, 2.24) is 0 Å². The number of hydrogen-bond acceptors (Lipinski definition) is 4. The molecule has 1 aliphatic rings. The highest BCUT2D eigenvalue weighted by molar-refractivity contribution is 5.89. The van der Waals surface area contributed by atoms with Crippen molar-refractivity contribution in [2.75, 3.05) is 19.8 Å². The van der Waals surface area contributed by atoms with E-state index in [0.717, 1.165) is 6.42 Å². The lowest BCUT2D eigenvalue weighted by molar-refractivity contribution is -0.207. The smallest absolute Gasteiger partial charge is 0.338 e. The van der Waals surface area contributed by atoms with Gasteiger partial charge in [-0.3, -0.25) is 0 Å². The molecule has 0 N–H and O–H groups in total. The molecule has 0 saturated carbocycles. The maximum Gasteiger partial charge on any atom is 0.338 e. The van der Waals surface area contributed by atoms with Crippen LogP contribution in [0.15, 0.2) is 18.2 Å². The third-order valence-electron chi connectivity index (χ3n) is 3.95. The predicted molar refractivity (Wildman–Crippen MR) is 84.6 cm³/mol. The summed E-state index contributed by atoms with van der Waals surface area (Å²) in [7, 11) is 0. The molecule has 1 saturated heterocycles. The molecule has 0 radical (unpaired) electrons. The third-order valence-corrected chi connectivity index (χ3v) is 3.95. The Morgan fingerprint density at radius 1 is 1.26 bits per heavy atom. The van der Waals surface area contributed by atoms with Crippen LogP contribution < -0.4 is 0 Å². The summed E-state index contributed by atoms with van der Waals surface area (Å²) < 4.78 is 30.4. The SMILES string of the molecule is CCCCCC1COC(c2ccc(C(=O)OCC)cc2F)OC1. The van der Waals surface area contributed by atoms with Gasteiger partial charge in [-0.2, -0.15) is 0 Å². The Kier molecular flexibility index (Phi) is 6.99. The van der Waals surface area contributed by atoms with Crippen LogP contribution >= 0.6 is 0 Å². The molecule has 0 aliphatic carbocycles. The summed E-state index contributed by atoms with van der Waals surface area (Å²) in [4.78, 5) is 11.6. The zero-order chi connectivity index (χ0) is 16.7. The molecule has 5 heteroatoms. The molecule has 2 rings (SSSR count). The fourth-order valence-electron chi connectivity index (χ4n) is 2.63. The second-order valence-electron chi connectivity index (χ2n) is 5.82. The number of carbonyl (C=O) groups excluding carboxylic acids is 1. The molecule has 1 fully saturated rings. The van der Waals surface area contributed by atoms with Crippen molar-refractivity contribution in [3.63, 3.8) is 0 Å². The van der Waals surface area contributed by atoms with Crippen molar-refractivity contribution in [3.05, 3.63) is 35.1 Å². The first kappa shape index (κ1) is 17.9. The van der Waals surface area contributed by atoms with E-state index < -0.39 is 18.1 Å². The number of carbonyl (C=O) groups is 1. The molecular weight excluding hydrogens is 299 g/mol. The first-order valence-corrected chi connectivity index (χ1v) is 8.35. The van der Waals surface area contributed by atoms with E-state index in [4.69, 9.17) is 14.2 Å². The van der Waals surface area contributed by atoms with Gasteiger partial charge in [-0.05, 0) is 25.5 Å². The first-order chi connectivity index (χ1) is 11.2. The Balaban J connectivity index is 1.92. The lowest BCUT2D eigenvalue weighted by Gasteiger charge is -2.29. The van der Waals surface area contributed by atoms with Crippen molar-refractivity contribution in [1.29, 1.82) is 0 Å². The van der Waals surface area contributed by atoms with Gasteiger partial charge in [0.1, 0.15) is 5.82 Å². The van der Waals surface area contributed by atoms with E-state index in [1.165, 1.54) is 37.5 Å². The summed E-state index contributed by atoms with van der Waals surface area (Å²) >= 11 is 0. The van der Waals surface area contributed by atoms with Gasteiger partial charge in [0.2, 0.25) is 0 Å². The van der Waals surface area contributed by atoms with Crippen LogP contribution in [0.3, 0.4) is 0 Å².